The van der Waals surface area contributed by atoms with Crippen LogP contribution >= 0.6 is 0 Å². The fourth-order valence-corrected chi connectivity index (χ4v) is 4.77. The fourth-order valence-electron chi connectivity index (χ4n) is 3.57. The third-order valence-electron chi connectivity index (χ3n) is 5.30. The maximum absolute atomic E-state index is 12.9. The second kappa shape index (κ2) is 11.5. The minimum Gasteiger partial charge on any atom is -0.497 e. The molecule has 0 saturated carbocycles. The lowest BCUT2D eigenvalue weighted by Gasteiger charge is -2.34. The van der Waals surface area contributed by atoms with E-state index in [1.54, 1.807) is 14.0 Å². The Labute approximate surface area is 180 Å². The molecule has 0 bridgehead atoms. The minimum absolute atomic E-state index is 0.120. The quantitative estimate of drug-likeness (QED) is 0.593. The lowest BCUT2D eigenvalue weighted by molar-refractivity contribution is 0.0931. The summed E-state index contributed by atoms with van der Waals surface area (Å²) < 4.78 is 40.2. The Hall–Kier alpha value is -1.88. The number of carbonyl (C=O) groups excluding carboxylic acids is 1. The summed E-state index contributed by atoms with van der Waals surface area (Å²) in [6.45, 7) is 9.09. The zero-order valence-corrected chi connectivity index (χ0v) is 19.2. The summed E-state index contributed by atoms with van der Waals surface area (Å²) in [5.74, 6) is 0.739. The van der Waals surface area contributed by atoms with Crippen LogP contribution in [0.5, 0.6) is 5.75 Å². The van der Waals surface area contributed by atoms with E-state index < -0.39 is 16.3 Å². The number of methoxy groups -OCH3 is 1. The highest BCUT2D eigenvalue weighted by Crippen LogP contribution is 2.24. The molecule has 0 aromatic heterocycles. The zero-order chi connectivity index (χ0) is 22.1. The highest BCUT2D eigenvalue weighted by molar-refractivity contribution is 7.87. The normalized spacial score (nSPS) is 16.5. The molecule has 2 rings (SSSR count). The molecule has 1 N–H and O–H groups in total. The molecule has 1 aliphatic rings. The number of nitrogens with one attached hydrogen (secondary N) is 1. The van der Waals surface area contributed by atoms with Crippen molar-refractivity contribution in [3.05, 3.63) is 29.8 Å². The van der Waals surface area contributed by atoms with Gasteiger partial charge in [0.15, 0.2) is 0 Å². The van der Waals surface area contributed by atoms with Gasteiger partial charge in [0.2, 0.25) is 0 Å². The molecule has 1 fully saturated rings. The summed E-state index contributed by atoms with van der Waals surface area (Å²) in [5.41, 5.74) is 0.993. The van der Waals surface area contributed by atoms with Gasteiger partial charge >= 0.3 is 6.09 Å². The maximum atomic E-state index is 12.9. The molecule has 1 aliphatic heterocycles. The van der Waals surface area contributed by atoms with Crippen LogP contribution in [0.15, 0.2) is 24.3 Å². The highest BCUT2D eigenvalue weighted by Gasteiger charge is 2.30. The molecule has 9 nitrogen and oxygen atoms in total. The van der Waals surface area contributed by atoms with Crippen LogP contribution in [0.25, 0.3) is 0 Å². The van der Waals surface area contributed by atoms with Crippen molar-refractivity contribution in [3.63, 3.8) is 0 Å². The number of amides is 1. The van der Waals surface area contributed by atoms with Crippen molar-refractivity contribution >= 4 is 16.3 Å². The molecule has 1 aromatic rings. The molecule has 1 saturated heterocycles. The van der Waals surface area contributed by atoms with Gasteiger partial charge in [-0.15, -0.1) is 0 Å². The summed E-state index contributed by atoms with van der Waals surface area (Å²) in [7, 11) is -2.05. The molecule has 0 aliphatic carbocycles. The number of ether oxygens (including phenoxy) is 2. The van der Waals surface area contributed by atoms with E-state index in [4.69, 9.17) is 9.47 Å². The molecule has 1 heterocycles. The van der Waals surface area contributed by atoms with E-state index in [2.05, 4.69) is 23.5 Å². The fraction of sp³-hybridized carbons (Fsp3) is 0.650. The van der Waals surface area contributed by atoms with E-state index in [-0.39, 0.29) is 25.7 Å². The number of benzene rings is 1. The third kappa shape index (κ3) is 6.31. The van der Waals surface area contributed by atoms with Gasteiger partial charge in [0.1, 0.15) is 5.75 Å². The molecule has 0 radical (unpaired) electrons. The lowest BCUT2D eigenvalue weighted by Crippen LogP contribution is -2.54. The summed E-state index contributed by atoms with van der Waals surface area (Å²) >= 11 is 0. The number of piperazine rings is 1. The third-order valence-corrected chi connectivity index (χ3v) is 6.87. The van der Waals surface area contributed by atoms with Crippen molar-refractivity contribution < 1.29 is 22.7 Å². The number of carbonyl (C=O) groups is 1. The molecule has 1 amide bonds. The number of likely N-dealkylation sites (N-methyl/N-ethyl adjacent to an activating group) is 1. The highest BCUT2D eigenvalue weighted by atomic mass is 32.2. The van der Waals surface area contributed by atoms with Gasteiger partial charge < -0.3 is 14.4 Å². The number of hydrogen-bond acceptors (Lipinski definition) is 6. The van der Waals surface area contributed by atoms with Gasteiger partial charge in [0.25, 0.3) is 10.2 Å². The predicted octanol–water partition coefficient (Wildman–Crippen LogP) is 1.69. The summed E-state index contributed by atoms with van der Waals surface area (Å²) in [6, 6.07) is 7.59. The Bertz CT molecular complexity index is 777. The first-order valence-electron chi connectivity index (χ1n) is 10.4. The second-order valence-corrected chi connectivity index (χ2v) is 8.71. The number of hydrogen-bond donors (Lipinski definition) is 1. The average molecular weight is 443 g/mol. The summed E-state index contributed by atoms with van der Waals surface area (Å²) in [6.07, 6.45) is -0.401. The molecule has 1 unspecified atom stereocenters. The summed E-state index contributed by atoms with van der Waals surface area (Å²) in [4.78, 5) is 15.6. The molecular weight excluding hydrogens is 408 g/mol. The van der Waals surface area contributed by atoms with Crippen LogP contribution < -0.4 is 9.46 Å². The van der Waals surface area contributed by atoms with Crippen molar-refractivity contribution in [3.8, 4) is 5.75 Å². The molecule has 0 spiro atoms. The zero-order valence-electron chi connectivity index (χ0n) is 18.3. The van der Waals surface area contributed by atoms with Crippen LogP contribution in [0.4, 0.5) is 4.79 Å². The van der Waals surface area contributed by atoms with E-state index in [9.17, 15) is 13.2 Å². The SMILES string of the molecule is CCOC(=O)N1CCN(S(=O)(=O)NCC(c2cccc(OC)c2)N(CC)CC)CC1. The van der Waals surface area contributed by atoms with Crippen LogP contribution in [0.1, 0.15) is 32.4 Å². The maximum Gasteiger partial charge on any atom is 0.409 e. The minimum atomic E-state index is -3.67. The summed E-state index contributed by atoms with van der Waals surface area (Å²) in [5, 5.41) is 0. The molecule has 1 atom stereocenters. The molecule has 170 valence electrons. The first-order chi connectivity index (χ1) is 14.4. The van der Waals surface area contributed by atoms with Crippen LogP contribution in [0.2, 0.25) is 0 Å². The van der Waals surface area contributed by atoms with Crippen molar-refractivity contribution in [2.75, 3.05) is 59.5 Å². The Balaban J connectivity index is 2.06. The van der Waals surface area contributed by atoms with Crippen molar-refractivity contribution in [1.82, 2.24) is 18.8 Å². The molecular formula is C20H34N4O5S. The molecule has 30 heavy (non-hydrogen) atoms. The Morgan fingerprint density at radius 3 is 2.40 bits per heavy atom. The van der Waals surface area contributed by atoms with E-state index in [0.29, 0.717) is 19.7 Å². The van der Waals surface area contributed by atoms with Gasteiger partial charge in [0, 0.05) is 38.8 Å². The van der Waals surface area contributed by atoms with Crippen LogP contribution in [0, 0.1) is 0 Å². The van der Waals surface area contributed by atoms with E-state index in [0.717, 1.165) is 24.4 Å². The van der Waals surface area contributed by atoms with Gasteiger partial charge in [-0.2, -0.15) is 12.7 Å². The van der Waals surface area contributed by atoms with Crippen molar-refractivity contribution in [1.29, 1.82) is 0 Å². The monoisotopic (exact) mass is 442 g/mol. The van der Waals surface area contributed by atoms with E-state index in [1.807, 2.05) is 24.3 Å². The lowest BCUT2D eigenvalue weighted by atomic mass is 10.0. The van der Waals surface area contributed by atoms with Crippen LogP contribution in [0.3, 0.4) is 0 Å². The first kappa shape index (κ1) is 24.4. The van der Waals surface area contributed by atoms with E-state index in [1.165, 1.54) is 9.21 Å². The number of rotatable bonds is 10. The van der Waals surface area contributed by atoms with E-state index >= 15 is 0 Å². The second-order valence-electron chi connectivity index (χ2n) is 6.95. The number of nitrogens with zero attached hydrogens (tertiary/aromatic N) is 3. The van der Waals surface area contributed by atoms with Gasteiger partial charge in [-0.25, -0.2) is 9.52 Å². The first-order valence-corrected chi connectivity index (χ1v) is 11.8. The Morgan fingerprint density at radius 2 is 1.83 bits per heavy atom. The molecule has 1 aromatic carbocycles. The van der Waals surface area contributed by atoms with Gasteiger partial charge in [-0.3, -0.25) is 4.90 Å². The van der Waals surface area contributed by atoms with Gasteiger partial charge in [-0.05, 0) is 37.7 Å². The van der Waals surface area contributed by atoms with Crippen LogP contribution in [-0.4, -0.2) is 88.1 Å². The average Bonchev–Trinajstić information content (AvgIpc) is 2.77. The van der Waals surface area contributed by atoms with Gasteiger partial charge in [0.05, 0.1) is 13.7 Å². The standard InChI is InChI=1S/C20H34N4O5S/c1-5-22(6-2)19(17-9-8-10-18(15-17)28-4)16-21-30(26,27)24-13-11-23(12-14-24)20(25)29-7-3/h8-10,15,19,21H,5-7,11-14,16H2,1-4H3. The predicted molar refractivity (Wildman–Crippen MR) is 116 cm³/mol. The topological polar surface area (TPSA) is 91.4 Å². The molecule has 10 heteroatoms. The Kier molecular flexibility index (Phi) is 9.35. The Morgan fingerprint density at radius 1 is 1.17 bits per heavy atom. The van der Waals surface area contributed by atoms with Crippen molar-refractivity contribution in [2.45, 2.75) is 26.8 Å². The van der Waals surface area contributed by atoms with Gasteiger partial charge in [-0.1, -0.05) is 26.0 Å². The van der Waals surface area contributed by atoms with Crippen molar-refractivity contribution in [2.24, 2.45) is 0 Å². The smallest absolute Gasteiger partial charge is 0.409 e. The largest absolute Gasteiger partial charge is 0.497 e. The van der Waals surface area contributed by atoms with Crippen LogP contribution in [-0.2, 0) is 14.9 Å².